The zero-order valence-corrected chi connectivity index (χ0v) is 8.24. The highest BCUT2D eigenvalue weighted by Gasteiger charge is 2.14. The van der Waals surface area contributed by atoms with Gasteiger partial charge in [0.05, 0.1) is 6.54 Å². The molecule has 0 aromatic rings. The van der Waals surface area contributed by atoms with E-state index in [1.54, 1.807) is 0 Å². The minimum Gasteiger partial charge on any atom is -0.370 e. The summed E-state index contributed by atoms with van der Waals surface area (Å²) in [6.07, 6.45) is 0. The van der Waals surface area contributed by atoms with Gasteiger partial charge in [-0.3, -0.25) is 4.99 Å². The van der Waals surface area contributed by atoms with E-state index in [2.05, 4.69) is 21.8 Å². The molecule has 0 saturated carbocycles. The highest BCUT2D eigenvalue weighted by atomic mass is 15.3. The van der Waals surface area contributed by atoms with Crippen LogP contribution in [0.5, 0.6) is 0 Å². The molecule has 1 fully saturated rings. The summed E-state index contributed by atoms with van der Waals surface area (Å²) in [4.78, 5) is 8.56. The van der Waals surface area contributed by atoms with Crippen LogP contribution in [0.2, 0.25) is 0 Å². The maximum absolute atomic E-state index is 5.78. The van der Waals surface area contributed by atoms with Crippen LogP contribution in [0, 0.1) is 0 Å². The summed E-state index contributed by atoms with van der Waals surface area (Å²) in [5.74, 6) is 0.638. The summed E-state index contributed by atoms with van der Waals surface area (Å²) in [5.41, 5.74) is 11.1. The molecule has 0 bridgehead atoms. The molecule has 76 valence electrons. The second kappa shape index (κ2) is 5.04. The minimum absolute atomic E-state index is 0.564. The second-order valence-electron chi connectivity index (χ2n) is 3.32. The van der Waals surface area contributed by atoms with Gasteiger partial charge >= 0.3 is 0 Å². The van der Waals surface area contributed by atoms with Crippen LogP contribution in [0.3, 0.4) is 0 Å². The van der Waals surface area contributed by atoms with E-state index in [4.69, 9.17) is 11.5 Å². The summed E-state index contributed by atoms with van der Waals surface area (Å²) in [6, 6.07) is 0. The van der Waals surface area contributed by atoms with Crippen molar-refractivity contribution in [3.05, 3.63) is 0 Å². The van der Waals surface area contributed by atoms with Crippen LogP contribution >= 0.6 is 0 Å². The molecule has 0 aliphatic carbocycles. The number of hydrogen-bond donors (Lipinski definition) is 2. The Morgan fingerprint density at radius 3 is 2.46 bits per heavy atom. The van der Waals surface area contributed by atoms with Crippen LogP contribution in [0.1, 0.15) is 0 Å². The van der Waals surface area contributed by atoms with Gasteiger partial charge in [0, 0.05) is 32.7 Å². The molecule has 0 unspecified atom stereocenters. The molecule has 1 aliphatic heterocycles. The normalized spacial score (nSPS) is 20.8. The number of aliphatic imine (C=N–C) groups is 1. The maximum atomic E-state index is 5.78. The fraction of sp³-hybridized carbons (Fsp3) is 0.875. The van der Waals surface area contributed by atoms with Gasteiger partial charge < -0.3 is 21.3 Å². The lowest BCUT2D eigenvalue weighted by atomic mass is 10.3. The summed E-state index contributed by atoms with van der Waals surface area (Å²) in [7, 11) is 2.12. The van der Waals surface area contributed by atoms with E-state index in [1.165, 1.54) is 0 Å². The fourth-order valence-electron chi connectivity index (χ4n) is 1.31. The van der Waals surface area contributed by atoms with Crippen LogP contribution in [-0.2, 0) is 0 Å². The van der Waals surface area contributed by atoms with Crippen molar-refractivity contribution in [2.24, 2.45) is 16.5 Å². The minimum atomic E-state index is 0.564. The number of nitrogens with zero attached hydrogens (tertiary/aromatic N) is 3. The van der Waals surface area contributed by atoms with Crippen molar-refractivity contribution >= 4 is 5.96 Å². The Balaban J connectivity index is 2.35. The van der Waals surface area contributed by atoms with Gasteiger partial charge in [-0.2, -0.15) is 0 Å². The Bertz CT molecular complexity index is 171. The number of hydrogen-bond acceptors (Lipinski definition) is 3. The summed E-state index contributed by atoms with van der Waals surface area (Å²) in [6.45, 7) is 5.23. The number of likely N-dealkylation sites (N-methyl/N-ethyl adjacent to an activating group) is 1. The standard InChI is InChI=1S/C8H19N5/c1-12-4-6-13(7-5-12)8(10)11-3-2-9/h2-7,9H2,1H3,(H2,10,11). The molecule has 0 aromatic heterocycles. The fourth-order valence-corrected chi connectivity index (χ4v) is 1.31. The van der Waals surface area contributed by atoms with E-state index >= 15 is 0 Å². The Morgan fingerprint density at radius 2 is 1.92 bits per heavy atom. The highest BCUT2D eigenvalue weighted by Crippen LogP contribution is 1.97. The largest absolute Gasteiger partial charge is 0.370 e. The van der Waals surface area contributed by atoms with Gasteiger partial charge in [0.25, 0.3) is 0 Å². The topological polar surface area (TPSA) is 70.9 Å². The van der Waals surface area contributed by atoms with Crippen molar-refractivity contribution in [3.63, 3.8) is 0 Å². The molecule has 0 amide bonds. The molecule has 0 aromatic carbocycles. The first kappa shape index (κ1) is 10.3. The van der Waals surface area contributed by atoms with E-state index in [0.29, 0.717) is 19.0 Å². The van der Waals surface area contributed by atoms with Crippen LogP contribution in [-0.4, -0.2) is 62.1 Å². The number of nitrogens with two attached hydrogens (primary N) is 2. The van der Waals surface area contributed by atoms with Gasteiger partial charge in [0.15, 0.2) is 5.96 Å². The van der Waals surface area contributed by atoms with Crippen molar-refractivity contribution in [2.75, 3.05) is 46.3 Å². The van der Waals surface area contributed by atoms with E-state index in [0.717, 1.165) is 26.2 Å². The van der Waals surface area contributed by atoms with Crippen LogP contribution < -0.4 is 11.5 Å². The lowest BCUT2D eigenvalue weighted by Gasteiger charge is -2.33. The van der Waals surface area contributed by atoms with Crippen molar-refractivity contribution < 1.29 is 0 Å². The molecule has 0 spiro atoms. The third-order valence-electron chi connectivity index (χ3n) is 2.23. The summed E-state index contributed by atoms with van der Waals surface area (Å²) < 4.78 is 0. The second-order valence-corrected chi connectivity index (χ2v) is 3.32. The van der Waals surface area contributed by atoms with Crippen molar-refractivity contribution in [3.8, 4) is 0 Å². The first-order valence-electron chi connectivity index (χ1n) is 4.67. The molecule has 1 saturated heterocycles. The highest BCUT2D eigenvalue weighted by molar-refractivity contribution is 5.78. The quantitative estimate of drug-likeness (QED) is 0.406. The first-order chi connectivity index (χ1) is 6.24. The van der Waals surface area contributed by atoms with Gasteiger partial charge in [-0.25, -0.2) is 0 Å². The Kier molecular flexibility index (Phi) is 3.98. The molecule has 0 atom stereocenters. The summed E-state index contributed by atoms with van der Waals surface area (Å²) in [5, 5.41) is 0. The predicted molar refractivity (Wildman–Crippen MR) is 54.6 cm³/mol. The van der Waals surface area contributed by atoms with Crippen LogP contribution in [0.15, 0.2) is 4.99 Å². The number of piperazine rings is 1. The monoisotopic (exact) mass is 185 g/mol. The smallest absolute Gasteiger partial charge is 0.191 e. The van der Waals surface area contributed by atoms with E-state index < -0.39 is 0 Å². The molecule has 0 radical (unpaired) electrons. The molecule has 1 heterocycles. The molecule has 1 aliphatic rings. The average molecular weight is 185 g/mol. The lowest BCUT2D eigenvalue weighted by Crippen LogP contribution is -2.50. The van der Waals surface area contributed by atoms with Gasteiger partial charge in [0.2, 0.25) is 0 Å². The molecule has 5 heteroatoms. The number of guanidine groups is 1. The Hall–Kier alpha value is -0.810. The van der Waals surface area contributed by atoms with Gasteiger partial charge in [0.1, 0.15) is 0 Å². The Morgan fingerprint density at radius 1 is 1.31 bits per heavy atom. The van der Waals surface area contributed by atoms with E-state index in [9.17, 15) is 0 Å². The van der Waals surface area contributed by atoms with Crippen molar-refractivity contribution in [2.45, 2.75) is 0 Å². The Labute approximate surface area is 79.4 Å². The third-order valence-corrected chi connectivity index (χ3v) is 2.23. The summed E-state index contributed by atoms with van der Waals surface area (Å²) >= 11 is 0. The SMILES string of the molecule is CN1CCN(C(N)=NCCN)CC1. The van der Waals surface area contributed by atoms with Crippen LogP contribution in [0.25, 0.3) is 0 Å². The van der Waals surface area contributed by atoms with Gasteiger partial charge in [-0.1, -0.05) is 0 Å². The third kappa shape index (κ3) is 3.20. The van der Waals surface area contributed by atoms with Crippen LogP contribution in [0.4, 0.5) is 0 Å². The molecular weight excluding hydrogens is 166 g/mol. The zero-order valence-electron chi connectivity index (χ0n) is 8.24. The first-order valence-corrected chi connectivity index (χ1v) is 4.67. The van der Waals surface area contributed by atoms with E-state index in [1.807, 2.05) is 0 Å². The lowest BCUT2D eigenvalue weighted by molar-refractivity contribution is 0.214. The maximum Gasteiger partial charge on any atom is 0.191 e. The number of rotatable bonds is 2. The van der Waals surface area contributed by atoms with Crippen molar-refractivity contribution in [1.29, 1.82) is 0 Å². The van der Waals surface area contributed by atoms with Crippen molar-refractivity contribution in [1.82, 2.24) is 9.80 Å². The average Bonchev–Trinajstić information content (AvgIpc) is 2.15. The molecular formula is C8H19N5. The molecule has 5 nitrogen and oxygen atoms in total. The van der Waals surface area contributed by atoms with Gasteiger partial charge in [-0.15, -0.1) is 0 Å². The molecule has 1 rings (SSSR count). The van der Waals surface area contributed by atoms with E-state index in [-0.39, 0.29) is 0 Å². The zero-order chi connectivity index (χ0) is 9.68. The molecule has 13 heavy (non-hydrogen) atoms. The molecule has 4 N–H and O–H groups in total. The predicted octanol–water partition coefficient (Wildman–Crippen LogP) is -1.49. The van der Waals surface area contributed by atoms with Gasteiger partial charge in [-0.05, 0) is 7.05 Å².